The van der Waals surface area contributed by atoms with Crippen LogP contribution in [0.25, 0.3) is 0 Å². The topological polar surface area (TPSA) is 121 Å². The van der Waals surface area contributed by atoms with Crippen LogP contribution in [-0.2, 0) is 23.1 Å². The van der Waals surface area contributed by atoms with Crippen LogP contribution in [0.5, 0.6) is 0 Å². The lowest BCUT2D eigenvalue weighted by atomic mass is 9.88. The summed E-state index contributed by atoms with van der Waals surface area (Å²) < 4.78 is 0. The number of nitrogens with one attached hydrogen (secondary N) is 1. The number of carbonyl (C=O) groups is 2. The normalized spacial score (nSPS) is 15.0. The Bertz CT molecular complexity index is 1330. The van der Waals surface area contributed by atoms with E-state index >= 15 is 0 Å². The molecule has 2 aromatic carbocycles. The van der Waals surface area contributed by atoms with Crippen molar-refractivity contribution in [3.8, 4) is 0 Å². The van der Waals surface area contributed by atoms with Crippen molar-refractivity contribution in [1.29, 1.82) is 0 Å². The predicted molar refractivity (Wildman–Crippen MR) is 149 cm³/mol. The number of nitrogens with two attached hydrogens (primary N) is 1. The van der Waals surface area contributed by atoms with Crippen molar-refractivity contribution in [1.82, 2.24) is 14.9 Å². The van der Waals surface area contributed by atoms with E-state index in [4.69, 9.17) is 17.3 Å². The van der Waals surface area contributed by atoms with Crippen LogP contribution in [0.3, 0.4) is 0 Å². The molecular formula is C29H34ClN5O3. The molecule has 1 saturated carbocycles. The van der Waals surface area contributed by atoms with Gasteiger partial charge >= 0.3 is 6.09 Å². The van der Waals surface area contributed by atoms with Crippen LogP contribution in [0.15, 0.2) is 54.7 Å². The second-order valence-electron chi connectivity index (χ2n) is 10.8. The van der Waals surface area contributed by atoms with E-state index in [1.807, 2.05) is 76.2 Å². The van der Waals surface area contributed by atoms with Gasteiger partial charge in [-0.3, -0.25) is 9.69 Å². The molecule has 1 aliphatic rings. The second-order valence-corrected chi connectivity index (χ2v) is 11.2. The lowest BCUT2D eigenvalue weighted by Gasteiger charge is -2.38. The van der Waals surface area contributed by atoms with Crippen molar-refractivity contribution >= 4 is 35.2 Å². The van der Waals surface area contributed by atoms with Gasteiger partial charge in [0.15, 0.2) is 0 Å². The van der Waals surface area contributed by atoms with Crippen molar-refractivity contribution in [3.63, 3.8) is 0 Å². The van der Waals surface area contributed by atoms with Crippen molar-refractivity contribution in [2.24, 2.45) is 5.73 Å². The molecule has 1 heterocycles. The molecule has 0 spiro atoms. The van der Waals surface area contributed by atoms with E-state index in [-0.39, 0.29) is 11.9 Å². The van der Waals surface area contributed by atoms with Crippen LogP contribution in [0, 0.1) is 0 Å². The average Bonchev–Trinajstić information content (AvgIpc) is 3.66. The number of benzene rings is 2. The minimum absolute atomic E-state index is 0.272. The molecule has 4 rings (SSSR count). The van der Waals surface area contributed by atoms with E-state index in [9.17, 15) is 14.7 Å². The van der Waals surface area contributed by atoms with Gasteiger partial charge in [0.25, 0.3) is 0 Å². The minimum atomic E-state index is -0.959. The Kier molecular flexibility index (Phi) is 7.65. The first kappa shape index (κ1) is 27.4. The number of hydrogen-bond donors (Lipinski definition) is 3. The monoisotopic (exact) mass is 535 g/mol. The highest BCUT2D eigenvalue weighted by Gasteiger charge is 2.50. The largest absolute Gasteiger partial charge is 0.465 e. The van der Waals surface area contributed by atoms with Crippen molar-refractivity contribution in [2.75, 3.05) is 5.32 Å². The number of carbonyl (C=O) groups excluding carboxylic acids is 1. The number of nitrogens with zero attached hydrogens (tertiary/aromatic N) is 3. The molecule has 0 bridgehead atoms. The standard InChI is InChI=1S/C29H34ClN5O3/c1-18(35(27(37)38)28(2,3)4)19-9-12-21(13-10-19)33-26-32-17-23(30)24(34-26)14-11-20-7-5-6-8-22(20)29(15-16-29)25(31)36/h5-10,12-13,17-18H,11,14-16H2,1-4H3,(H2,31,36)(H,37,38)(H,32,33,34). The first-order valence-electron chi connectivity index (χ1n) is 12.7. The molecule has 1 aliphatic carbocycles. The molecule has 200 valence electrons. The number of halogens is 1. The highest BCUT2D eigenvalue weighted by atomic mass is 35.5. The Morgan fingerprint density at radius 2 is 1.79 bits per heavy atom. The van der Waals surface area contributed by atoms with Gasteiger partial charge in [-0.25, -0.2) is 14.8 Å². The number of hydrogen-bond acceptors (Lipinski definition) is 5. The molecule has 2 amide bonds. The van der Waals surface area contributed by atoms with Gasteiger partial charge < -0.3 is 16.2 Å². The first-order valence-corrected chi connectivity index (χ1v) is 13.1. The van der Waals surface area contributed by atoms with Gasteiger partial charge in [0, 0.05) is 11.2 Å². The molecule has 4 N–H and O–H groups in total. The summed E-state index contributed by atoms with van der Waals surface area (Å²) in [4.78, 5) is 34.3. The Balaban J connectivity index is 1.47. The zero-order valence-electron chi connectivity index (χ0n) is 22.2. The fourth-order valence-corrected chi connectivity index (χ4v) is 5.21. The molecule has 0 aliphatic heterocycles. The summed E-state index contributed by atoms with van der Waals surface area (Å²) in [7, 11) is 0. The lowest BCUT2D eigenvalue weighted by Crippen LogP contribution is -2.46. The highest BCUT2D eigenvalue weighted by Crippen LogP contribution is 2.49. The van der Waals surface area contributed by atoms with Crippen LogP contribution in [0.2, 0.25) is 5.02 Å². The van der Waals surface area contributed by atoms with Crippen molar-refractivity contribution < 1.29 is 14.7 Å². The van der Waals surface area contributed by atoms with Crippen molar-refractivity contribution in [2.45, 2.75) is 70.4 Å². The van der Waals surface area contributed by atoms with Gasteiger partial charge in [0.1, 0.15) is 0 Å². The molecular weight excluding hydrogens is 502 g/mol. The summed E-state index contributed by atoms with van der Waals surface area (Å²) in [6.07, 6.45) is 3.43. The maximum atomic E-state index is 12.1. The summed E-state index contributed by atoms with van der Waals surface area (Å²) in [6, 6.07) is 15.2. The van der Waals surface area contributed by atoms with Crippen LogP contribution < -0.4 is 11.1 Å². The highest BCUT2D eigenvalue weighted by molar-refractivity contribution is 6.31. The van der Waals surface area contributed by atoms with Gasteiger partial charge in [-0.2, -0.15) is 0 Å². The Morgan fingerprint density at radius 1 is 1.13 bits per heavy atom. The van der Waals surface area contributed by atoms with Crippen LogP contribution in [0.1, 0.15) is 69.0 Å². The van der Waals surface area contributed by atoms with E-state index in [1.165, 1.54) is 4.90 Å². The Hall–Kier alpha value is -3.65. The third kappa shape index (κ3) is 5.75. The number of amides is 2. The quantitative estimate of drug-likeness (QED) is 0.308. The summed E-state index contributed by atoms with van der Waals surface area (Å²) >= 11 is 6.43. The third-order valence-electron chi connectivity index (χ3n) is 7.17. The maximum Gasteiger partial charge on any atom is 0.408 e. The molecule has 1 unspecified atom stereocenters. The van der Waals surface area contributed by atoms with Gasteiger partial charge in [0.2, 0.25) is 11.9 Å². The average molecular weight is 536 g/mol. The van der Waals surface area contributed by atoms with E-state index in [0.29, 0.717) is 29.5 Å². The number of aryl methyl sites for hydroxylation is 2. The summed E-state index contributed by atoms with van der Waals surface area (Å²) in [5, 5.41) is 13.4. The Morgan fingerprint density at radius 3 is 2.37 bits per heavy atom. The van der Waals surface area contributed by atoms with Crippen LogP contribution in [-0.4, -0.2) is 37.5 Å². The van der Waals surface area contributed by atoms with Crippen LogP contribution >= 0.6 is 11.6 Å². The summed E-state index contributed by atoms with van der Waals surface area (Å²) in [6.45, 7) is 7.51. The number of carboxylic acid groups (broad SMARTS) is 1. The minimum Gasteiger partial charge on any atom is -0.465 e. The lowest BCUT2D eigenvalue weighted by molar-refractivity contribution is -0.120. The van der Waals surface area contributed by atoms with Crippen molar-refractivity contribution in [3.05, 3.63) is 82.1 Å². The molecule has 1 aromatic heterocycles. The number of aromatic nitrogens is 2. The maximum absolute atomic E-state index is 12.1. The van der Waals surface area contributed by atoms with Gasteiger partial charge in [-0.05, 0) is 82.2 Å². The molecule has 8 nitrogen and oxygen atoms in total. The SMILES string of the molecule is CC(c1ccc(Nc2ncc(Cl)c(CCc3ccccc3C3(C(N)=O)CC3)n2)cc1)N(C(=O)O)C(C)(C)C. The van der Waals surface area contributed by atoms with E-state index in [2.05, 4.69) is 15.3 Å². The summed E-state index contributed by atoms with van der Waals surface area (Å²) in [5.41, 5.74) is 9.07. The zero-order valence-corrected chi connectivity index (χ0v) is 22.9. The second kappa shape index (κ2) is 10.6. The van der Waals surface area contributed by atoms with Crippen LogP contribution in [0.4, 0.5) is 16.4 Å². The van der Waals surface area contributed by atoms with E-state index in [0.717, 1.165) is 35.2 Å². The number of anilines is 2. The molecule has 0 radical (unpaired) electrons. The molecule has 3 aromatic rings. The Labute approximate surface area is 228 Å². The number of rotatable bonds is 9. The number of primary amides is 1. The molecule has 9 heteroatoms. The fraction of sp³-hybridized carbons (Fsp3) is 0.379. The molecule has 0 saturated heterocycles. The van der Waals surface area contributed by atoms with E-state index < -0.39 is 17.0 Å². The molecule has 1 fully saturated rings. The first-order chi connectivity index (χ1) is 17.9. The van der Waals surface area contributed by atoms with E-state index in [1.54, 1.807) is 6.20 Å². The third-order valence-corrected chi connectivity index (χ3v) is 7.48. The molecule has 38 heavy (non-hydrogen) atoms. The zero-order chi connectivity index (χ0) is 27.7. The predicted octanol–water partition coefficient (Wildman–Crippen LogP) is 6.02. The summed E-state index contributed by atoms with van der Waals surface area (Å²) in [5.74, 6) is 0.141. The smallest absolute Gasteiger partial charge is 0.408 e. The van der Waals surface area contributed by atoms with Gasteiger partial charge in [-0.15, -0.1) is 0 Å². The molecule has 1 atom stereocenters. The van der Waals surface area contributed by atoms with Gasteiger partial charge in [0.05, 0.1) is 28.4 Å². The fourth-order valence-electron chi connectivity index (χ4n) is 5.03. The van der Waals surface area contributed by atoms with Gasteiger partial charge in [-0.1, -0.05) is 48.0 Å².